The molecule has 1 unspecified atom stereocenters. The van der Waals surface area contributed by atoms with Gasteiger partial charge in [0.05, 0.1) is 18.7 Å². The Morgan fingerprint density at radius 2 is 1.94 bits per heavy atom. The maximum absolute atomic E-state index is 13.8. The van der Waals surface area contributed by atoms with Crippen molar-refractivity contribution in [2.45, 2.75) is 12.5 Å². The van der Waals surface area contributed by atoms with Gasteiger partial charge in [0, 0.05) is 55.4 Å². The Balaban J connectivity index is 1.65. The van der Waals surface area contributed by atoms with Gasteiger partial charge in [-0.05, 0) is 24.6 Å². The first-order valence-corrected chi connectivity index (χ1v) is 11.3. The molecule has 0 saturated heterocycles. The van der Waals surface area contributed by atoms with Crippen LogP contribution in [0, 0.1) is 0 Å². The summed E-state index contributed by atoms with van der Waals surface area (Å²) in [5.74, 6) is -1.16. The predicted octanol–water partition coefficient (Wildman–Crippen LogP) is 4.55. The smallest absolute Gasteiger partial charge is 0.290 e. The number of benzene rings is 2. The molecule has 2 aromatic heterocycles. The number of furan rings is 1. The average Bonchev–Trinajstić information content (AvgIpc) is 3.52. The fraction of sp³-hybridized carbons (Fsp3) is 0.259. The number of aliphatic hydroxyl groups is 1. The highest BCUT2D eigenvalue weighted by atomic mass is 16.5. The minimum absolute atomic E-state index is 0.00166. The van der Waals surface area contributed by atoms with E-state index in [0.29, 0.717) is 36.3 Å². The lowest BCUT2D eigenvalue weighted by molar-refractivity contribution is -0.129. The van der Waals surface area contributed by atoms with Gasteiger partial charge in [-0.3, -0.25) is 9.59 Å². The fourth-order valence-electron chi connectivity index (χ4n) is 4.85. The van der Waals surface area contributed by atoms with Crippen LogP contribution < -0.4 is 4.74 Å². The molecule has 1 amide bonds. The highest BCUT2D eigenvalue weighted by Gasteiger charge is 2.45. The lowest BCUT2D eigenvalue weighted by atomic mass is 9.94. The van der Waals surface area contributed by atoms with Crippen molar-refractivity contribution in [3.8, 4) is 5.75 Å². The van der Waals surface area contributed by atoms with Gasteiger partial charge in [-0.25, -0.2) is 0 Å². The van der Waals surface area contributed by atoms with E-state index in [9.17, 15) is 14.7 Å². The second-order valence-electron chi connectivity index (χ2n) is 8.54. The van der Waals surface area contributed by atoms with Gasteiger partial charge in [0.25, 0.3) is 5.91 Å². The third-order valence-corrected chi connectivity index (χ3v) is 6.47. The quantitative estimate of drug-likeness (QED) is 0.298. The average molecular weight is 475 g/mol. The Labute approximate surface area is 201 Å². The number of para-hydroxylation sites is 2. The Morgan fingerprint density at radius 3 is 2.71 bits per heavy atom. The van der Waals surface area contributed by atoms with Gasteiger partial charge in [0.1, 0.15) is 0 Å². The van der Waals surface area contributed by atoms with Crippen molar-refractivity contribution in [2.75, 3.05) is 27.4 Å². The number of rotatable bonds is 8. The zero-order valence-electron chi connectivity index (χ0n) is 19.8. The molecule has 0 bridgehead atoms. The first-order valence-electron chi connectivity index (χ1n) is 11.3. The molecule has 180 valence electrons. The van der Waals surface area contributed by atoms with Gasteiger partial charge < -0.3 is 28.5 Å². The van der Waals surface area contributed by atoms with Gasteiger partial charge in [-0.2, -0.15) is 0 Å². The Morgan fingerprint density at radius 1 is 1.14 bits per heavy atom. The summed E-state index contributed by atoms with van der Waals surface area (Å²) in [7, 11) is 5.03. The predicted molar refractivity (Wildman–Crippen MR) is 131 cm³/mol. The topological polar surface area (TPSA) is 94.1 Å². The van der Waals surface area contributed by atoms with E-state index in [2.05, 4.69) is 0 Å². The molecule has 0 radical (unpaired) electrons. The molecule has 2 aromatic carbocycles. The van der Waals surface area contributed by atoms with Crippen LogP contribution in [0.2, 0.25) is 0 Å². The number of carbonyl (C=O) groups is 2. The van der Waals surface area contributed by atoms with Crippen LogP contribution in [-0.4, -0.2) is 53.6 Å². The third-order valence-electron chi connectivity index (χ3n) is 6.47. The normalized spacial score (nSPS) is 16.1. The second kappa shape index (κ2) is 8.96. The SMILES string of the molecule is COCCCN1C(=O)C(O)=C(C(=O)c2cc3cccc(OC)c3o2)C1c1cn(C)c2ccccc12. The van der Waals surface area contributed by atoms with Crippen molar-refractivity contribution in [3.63, 3.8) is 0 Å². The fourth-order valence-corrected chi connectivity index (χ4v) is 4.85. The van der Waals surface area contributed by atoms with E-state index in [1.54, 1.807) is 25.3 Å². The van der Waals surface area contributed by atoms with Crippen LogP contribution in [0.15, 0.2) is 70.5 Å². The Bertz CT molecular complexity index is 1480. The Hall–Kier alpha value is -4.04. The second-order valence-corrected chi connectivity index (χ2v) is 8.54. The molecular weight excluding hydrogens is 448 g/mol. The summed E-state index contributed by atoms with van der Waals surface area (Å²) in [5, 5.41) is 12.6. The lowest BCUT2D eigenvalue weighted by Crippen LogP contribution is -2.32. The first-order chi connectivity index (χ1) is 17.0. The molecule has 8 nitrogen and oxygen atoms in total. The number of aromatic nitrogens is 1. The van der Waals surface area contributed by atoms with Crippen LogP contribution in [0.4, 0.5) is 0 Å². The number of methoxy groups -OCH3 is 2. The highest BCUT2D eigenvalue weighted by Crippen LogP contribution is 2.43. The van der Waals surface area contributed by atoms with E-state index in [0.717, 1.165) is 16.5 Å². The molecule has 1 aliphatic rings. The van der Waals surface area contributed by atoms with E-state index < -0.39 is 23.5 Å². The number of fused-ring (bicyclic) bond motifs is 2. The molecule has 1 aliphatic heterocycles. The molecular formula is C27H26N2O6. The van der Waals surface area contributed by atoms with Crippen LogP contribution in [0.1, 0.15) is 28.6 Å². The van der Waals surface area contributed by atoms with E-state index in [-0.39, 0.29) is 11.3 Å². The molecule has 0 saturated carbocycles. The van der Waals surface area contributed by atoms with Crippen molar-refractivity contribution in [3.05, 3.63) is 77.4 Å². The number of Topliss-reactive ketones (excluding diaryl/α,β-unsaturated/α-hetero) is 1. The molecule has 0 aliphatic carbocycles. The van der Waals surface area contributed by atoms with Crippen molar-refractivity contribution < 1.29 is 28.6 Å². The zero-order valence-corrected chi connectivity index (χ0v) is 19.8. The van der Waals surface area contributed by atoms with Crippen LogP contribution in [0.3, 0.4) is 0 Å². The van der Waals surface area contributed by atoms with E-state index in [1.807, 2.05) is 48.1 Å². The van der Waals surface area contributed by atoms with E-state index in [1.165, 1.54) is 12.0 Å². The summed E-state index contributed by atoms with van der Waals surface area (Å²) in [5.41, 5.74) is 2.15. The van der Waals surface area contributed by atoms with E-state index in [4.69, 9.17) is 13.9 Å². The molecule has 4 aromatic rings. The van der Waals surface area contributed by atoms with Crippen LogP contribution in [-0.2, 0) is 16.6 Å². The molecule has 1 N–H and O–H groups in total. The zero-order chi connectivity index (χ0) is 24.7. The van der Waals surface area contributed by atoms with Gasteiger partial charge in [-0.15, -0.1) is 0 Å². The van der Waals surface area contributed by atoms with Crippen LogP contribution in [0.25, 0.3) is 21.9 Å². The molecule has 5 rings (SSSR count). The number of aliphatic hydroxyl groups excluding tert-OH is 1. The molecule has 0 spiro atoms. The molecule has 3 heterocycles. The summed E-state index contributed by atoms with van der Waals surface area (Å²) in [6.07, 6.45) is 2.46. The van der Waals surface area contributed by atoms with Crippen LogP contribution >= 0.6 is 0 Å². The molecule has 0 fully saturated rings. The highest BCUT2D eigenvalue weighted by molar-refractivity contribution is 6.16. The number of hydrogen-bond acceptors (Lipinski definition) is 6. The number of hydrogen-bond donors (Lipinski definition) is 1. The number of amides is 1. The van der Waals surface area contributed by atoms with Crippen molar-refractivity contribution in [1.82, 2.24) is 9.47 Å². The monoisotopic (exact) mass is 474 g/mol. The largest absolute Gasteiger partial charge is 0.503 e. The third kappa shape index (κ3) is 3.66. The van der Waals surface area contributed by atoms with Gasteiger partial charge in [0.2, 0.25) is 5.78 Å². The van der Waals surface area contributed by atoms with E-state index >= 15 is 0 Å². The minimum Gasteiger partial charge on any atom is -0.503 e. The molecule has 35 heavy (non-hydrogen) atoms. The number of ketones is 1. The number of nitrogens with zero attached hydrogens (tertiary/aromatic N) is 2. The van der Waals surface area contributed by atoms with Gasteiger partial charge >= 0.3 is 0 Å². The summed E-state index contributed by atoms with van der Waals surface area (Å²) < 4.78 is 18.4. The Kier molecular flexibility index (Phi) is 5.82. The van der Waals surface area contributed by atoms with Gasteiger partial charge in [0.15, 0.2) is 22.9 Å². The minimum atomic E-state index is -0.770. The van der Waals surface area contributed by atoms with Crippen LogP contribution in [0.5, 0.6) is 5.75 Å². The standard InChI is InChI=1S/C27H26N2O6/c1-28-15-18(17-9-4-5-10-19(17)28)23-22(25(31)27(32)29(23)12-7-13-33-2)24(30)21-14-16-8-6-11-20(34-3)26(16)35-21/h4-6,8-11,14-15,23,31H,7,12-13H2,1-3H3. The number of aryl methyl sites for hydroxylation is 1. The number of ether oxygens (including phenoxy) is 2. The molecule has 1 atom stereocenters. The van der Waals surface area contributed by atoms with Crippen molar-refractivity contribution in [2.24, 2.45) is 7.05 Å². The van der Waals surface area contributed by atoms with Gasteiger partial charge in [-0.1, -0.05) is 30.3 Å². The lowest BCUT2D eigenvalue weighted by Gasteiger charge is -2.26. The first kappa shape index (κ1) is 22.7. The summed E-state index contributed by atoms with van der Waals surface area (Å²) in [6.45, 7) is 0.759. The summed E-state index contributed by atoms with van der Waals surface area (Å²) in [4.78, 5) is 28.6. The van der Waals surface area contributed by atoms with Crippen molar-refractivity contribution in [1.29, 1.82) is 0 Å². The maximum atomic E-state index is 13.8. The summed E-state index contributed by atoms with van der Waals surface area (Å²) >= 11 is 0. The van der Waals surface area contributed by atoms with Crippen molar-refractivity contribution >= 4 is 33.6 Å². The maximum Gasteiger partial charge on any atom is 0.290 e. The summed E-state index contributed by atoms with van der Waals surface area (Å²) in [6, 6.07) is 14.0. The molecule has 8 heteroatoms. The number of carbonyl (C=O) groups excluding carboxylic acids is 2.